The Balaban J connectivity index is 1.36. The number of rotatable bonds is 7. The molecule has 0 aliphatic heterocycles. The lowest BCUT2D eigenvalue weighted by Gasteiger charge is -2.17. The van der Waals surface area contributed by atoms with Gasteiger partial charge in [0, 0.05) is 24.0 Å². The first-order valence-corrected chi connectivity index (χ1v) is 10.0. The third kappa shape index (κ3) is 4.33. The summed E-state index contributed by atoms with van der Waals surface area (Å²) in [5, 5.41) is 4.02. The summed E-state index contributed by atoms with van der Waals surface area (Å²) < 4.78 is 0. The number of pyridine rings is 1. The van der Waals surface area contributed by atoms with E-state index in [9.17, 15) is 9.59 Å². The number of H-pyrrole nitrogens is 1. The quantitative estimate of drug-likeness (QED) is 0.655. The van der Waals surface area contributed by atoms with Crippen LogP contribution >= 0.6 is 0 Å². The summed E-state index contributed by atoms with van der Waals surface area (Å²) >= 11 is 0. The molecular formula is C24H26N2O2. The summed E-state index contributed by atoms with van der Waals surface area (Å²) in [4.78, 5) is 27.7. The van der Waals surface area contributed by atoms with Gasteiger partial charge in [0.2, 0.25) is 5.91 Å². The first kappa shape index (κ1) is 18.5. The van der Waals surface area contributed by atoms with Crippen LogP contribution in [0.25, 0.3) is 10.9 Å². The van der Waals surface area contributed by atoms with Crippen LogP contribution in [0.4, 0.5) is 0 Å². The van der Waals surface area contributed by atoms with Gasteiger partial charge < -0.3 is 10.3 Å². The number of amides is 1. The first-order valence-electron chi connectivity index (χ1n) is 10.0. The number of aryl methyl sites for hydroxylation is 1. The minimum atomic E-state index is -0.0801. The molecule has 1 fully saturated rings. The molecule has 1 heterocycles. The Morgan fingerprint density at radius 1 is 1.14 bits per heavy atom. The monoisotopic (exact) mass is 374 g/mol. The zero-order chi connectivity index (χ0) is 19.5. The number of nitrogens with one attached hydrogen (secondary N) is 2. The topological polar surface area (TPSA) is 62.0 Å². The van der Waals surface area contributed by atoms with Crippen LogP contribution in [0.15, 0.2) is 59.4 Å². The van der Waals surface area contributed by atoms with Crippen LogP contribution in [0.3, 0.4) is 0 Å². The first-order chi connectivity index (χ1) is 13.6. The summed E-state index contributed by atoms with van der Waals surface area (Å²) in [6.45, 7) is 2.56. The number of hydrogen-bond donors (Lipinski definition) is 2. The normalized spacial score (nSPS) is 14.8. The fourth-order valence-electron chi connectivity index (χ4n) is 3.86. The lowest BCUT2D eigenvalue weighted by molar-refractivity contribution is -0.121. The second-order valence-corrected chi connectivity index (χ2v) is 7.87. The van der Waals surface area contributed by atoms with E-state index in [0.29, 0.717) is 36.8 Å². The van der Waals surface area contributed by atoms with Gasteiger partial charge in [-0.05, 0) is 61.1 Å². The fourth-order valence-corrected chi connectivity index (χ4v) is 3.86. The number of aromatic amines is 1. The molecular weight excluding hydrogens is 348 g/mol. The highest BCUT2D eigenvalue weighted by Crippen LogP contribution is 2.44. The van der Waals surface area contributed by atoms with Crippen molar-refractivity contribution < 1.29 is 4.79 Å². The lowest BCUT2D eigenvalue weighted by atomic mass is 9.90. The van der Waals surface area contributed by atoms with Crippen LogP contribution in [0.1, 0.15) is 41.9 Å². The van der Waals surface area contributed by atoms with Crippen molar-refractivity contribution in [2.24, 2.45) is 5.92 Å². The van der Waals surface area contributed by atoms with Crippen LogP contribution < -0.4 is 10.9 Å². The van der Waals surface area contributed by atoms with Gasteiger partial charge in [-0.15, -0.1) is 0 Å². The van der Waals surface area contributed by atoms with Crippen LogP contribution in [0, 0.1) is 12.8 Å². The second-order valence-electron chi connectivity index (χ2n) is 7.87. The van der Waals surface area contributed by atoms with Crippen molar-refractivity contribution in [2.75, 3.05) is 6.54 Å². The fraction of sp³-hybridized carbons (Fsp3) is 0.333. The molecule has 0 radical (unpaired) electrons. The summed E-state index contributed by atoms with van der Waals surface area (Å²) in [7, 11) is 0. The van der Waals surface area contributed by atoms with Crippen LogP contribution in [-0.2, 0) is 11.2 Å². The molecule has 1 amide bonds. The molecule has 1 atom stereocenters. The Kier molecular flexibility index (Phi) is 5.29. The molecule has 1 aliphatic rings. The van der Waals surface area contributed by atoms with E-state index in [-0.39, 0.29) is 11.5 Å². The number of fused-ring (bicyclic) bond motifs is 1. The van der Waals surface area contributed by atoms with E-state index in [1.165, 1.54) is 24.0 Å². The minimum absolute atomic E-state index is 0.0645. The minimum Gasteiger partial charge on any atom is -0.356 e. The van der Waals surface area contributed by atoms with Crippen molar-refractivity contribution >= 4 is 16.8 Å². The van der Waals surface area contributed by atoms with Gasteiger partial charge in [0.15, 0.2) is 0 Å². The molecule has 1 aliphatic carbocycles. The summed E-state index contributed by atoms with van der Waals surface area (Å²) in [6, 6.07) is 18.2. The van der Waals surface area contributed by atoms with Gasteiger partial charge in [-0.2, -0.15) is 0 Å². The maximum absolute atomic E-state index is 12.5. The lowest BCUT2D eigenvalue weighted by Crippen LogP contribution is -2.29. The molecule has 2 N–H and O–H groups in total. The molecule has 1 aromatic heterocycles. The average molecular weight is 374 g/mol. The molecule has 0 spiro atoms. The van der Waals surface area contributed by atoms with E-state index >= 15 is 0 Å². The van der Waals surface area contributed by atoms with Crippen molar-refractivity contribution in [1.82, 2.24) is 10.3 Å². The van der Waals surface area contributed by atoms with Gasteiger partial charge in [0.05, 0.1) is 0 Å². The van der Waals surface area contributed by atoms with Crippen molar-refractivity contribution in [3.8, 4) is 0 Å². The second kappa shape index (κ2) is 8.01. The van der Waals surface area contributed by atoms with Crippen LogP contribution in [0.2, 0.25) is 0 Å². The zero-order valence-corrected chi connectivity index (χ0v) is 16.2. The summed E-state index contributed by atoms with van der Waals surface area (Å²) in [6.07, 6.45) is 3.46. The Labute approximate surface area is 165 Å². The average Bonchev–Trinajstić information content (AvgIpc) is 3.52. The van der Waals surface area contributed by atoms with E-state index in [2.05, 4.69) is 41.5 Å². The number of aromatic nitrogens is 1. The van der Waals surface area contributed by atoms with Gasteiger partial charge in [-0.25, -0.2) is 0 Å². The Bertz CT molecular complexity index is 1030. The number of benzene rings is 2. The highest BCUT2D eigenvalue weighted by molar-refractivity contribution is 5.79. The van der Waals surface area contributed by atoms with E-state index < -0.39 is 0 Å². The molecule has 3 aromatic rings. The van der Waals surface area contributed by atoms with Gasteiger partial charge in [-0.3, -0.25) is 9.59 Å². The molecule has 1 saturated carbocycles. The predicted molar refractivity (Wildman–Crippen MR) is 113 cm³/mol. The van der Waals surface area contributed by atoms with Gasteiger partial charge >= 0.3 is 0 Å². The third-order valence-corrected chi connectivity index (χ3v) is 5.65. The standard InChI is InChI=1S/C24H26N2O2/c1-16-6-8-17(9-7-16)21(18-10-11-18)15-23(27)25-13-12-20-14-19-4-2-3-5-22(19)26-24(20)28/h2-9,14,18,21H,10-13,15H2,1H3,(H,25,27)(H,26,28). The highest BCUT2D eigenvalue weighted by Gasteiger charge is 2.33. The number of carbonyl (C=O) groups excluding carboxylic acids is 1. The maximum atomic E-state index is 12.5. The molecule has 28 heavy (non-hydrogen) atoms. The summed E-state index contributed by atoms with van der Waals surface area (Å²) in [5.41, 5.74) is 3.96. The van der Waals surface area contributed by atoms with Gasteiger partial charge in [0.25, 0.3) is 5.56 Å². The Morgan fingerprint density at radius 3 is 2.64 bits per heavy atom. The Hall–Kier alpha value is -2.88. The molecule has 1 unspecified atom stereocenters. The molecule has 4 nitrogen and oxygen atoms in total. The highest BCUT2D eigenvalue weighted by atomic mass is 16.1. The molecule has 144 valence electrons. The number of hydrogen-bond acceptors (Lipinski definition) is 2. The van der Waals surface area contributed by atoms with E-state index in [1.54, 1.807) is 0 Å². The smallest absolute Gasteiger partial charge is 0.251 e. The molecule has 4 heteroatoms. The van der Waals surface area contributed by atoms with E-state index in [1.807, 2.05) is 30.3 Å². The molecule has 2 aromatic carbocycles. The van der Waals surface area contributed by atoms with Gasteiger partial charge in [0.1, 0.15) is 0 Å². The number of carbonyl (C=O) groups is 1. The maximum Gasteiger partial charge on any atom is 0.251 e. The van der Waals surface area contributed by atoms with Crippen molar-refractivity contribution in [2.45, 2.75) is 38.5 Å². The third-order valence-electron chi connectivity index (χ3n) is 5.65. The van der Waals surface area contributed by atoms with Crippen LogP contribution in [-0.4, -0.2) is 17.4 Å². The summed E-state index contributed by atoms with van der Waals surface area (Å²) in [5.74, 6) is 0.983. The zero-order valence-electron chi connectivity index (χ0n) is 16.2. The molecule has 4 rings (SSSR count). The Morgan fingerprint density at radius 2 is 1.89 bits per heavy atom. The SMILES string of the molecule is Cc1ccc(C(CC(=O)NCCc2cc3ccccc3[nH]c2=O)C2CC2)cc1. The van der Waals surface area contributed by atoms with Crippen molar-refractivity contribution in [3.05, 3.63) is 81.6 Å². The van der Waals surface area contributed by atoms with E-state index in [0.717, 1.165) is 10.9 Å². The largest absolute Gasteiger partial charge is 0.356 e. The van der Waals surface area contributed by atoms with Crippen molar-refractivity contribution in [3.63, 3.8) is 0 Å². The number of para-hydroxylation sites is 1. The molecule has 0 saturated heterocycles. The van der Waals surface area contributed by atoms with Crippen molar-refractivity contribution in [1.29, 1.82) is 0 Å². The van der Waals surface area contributed by atoms with Gasteiger partial charge in [-0.1, -0.05) is 48.0 Å². The van der Waals surface area contributed by atoms with E-state index in [4.69, 9.17) is 0 Å². The van der Waals surface area contributed by atoms with Crippen LogP contribution in [0.5, 0.6) is 0 Å². The predicted octanol–water partition coefficient (Wildman–Crippen LogP) is 4.08. The molecule has 0 bridgehead atoms.